The van der Waals surface area contributed by atoms with Crippen LogP contribution in [0.4, 0.5) is 17.1 Å². The molecule has 1 aromatic heterocycles. The van der Waals surface area contributed by atoms with E-state index in [0.717, 1.165) is 22.7 Å². The van der Waals surface area contributed by atoms with E-state index in [1.54, 1.807) is 0 Å². The van der Waals surface area contributed by atoms with Crippen molar-refractivity contribution in [2.75, 3.05) is 4.90 Å². The molecule has 0 radical (unpaired) electrons. The first kappa shape index (κ1) is 33.6. The summed E-state index contributed by atoms with van der Waals surface area (Å²) >= 11 is 0. The summed E-state index contributed by atoms with van der Waals surface area (Å²) in [4.78, 5) is 2.40. The molecule has 0 bridgehead atoms. The van der Waals surface area contributed by atoms with Crippen LogP contribution in [-0.4, -0.2) is 4.57 Å². The van der Waals surface area contributed by atoms with Gasteiger partial charge in [-0.2, -0.15) is 0 Å². The second kappa shape index (κ2) is 14.1. The Bertz CT molecular complexity index is 3210. The third kappa shape index (κ3) is 5.82. The minimum absolute atomic E-state index is 1.08. The molecule has 58 heavy (non-hydrogen) atoms. The van der Waals surface area contributed by atoms with Gasteiger partial charge in [-0.3, -0.25) is 0 Å². The topological polar surface area (TPSA) is 8.17 Å². The number of para-hydroxylation sites is 1. The molecule has 0 atom stereocenters. The van der Waals surface area contributed by atoms with E-state index in [-0.39, 0.29) is 0 Å². The highest BCUT2D eigenvalue weighted by atomic mass is 15.1. The monoisotopic (exact) mass is 738 g/mol. The van der Waals surface area contributed by atoms with Gasteiger partial charge >= 0.3 is 0 Å². The highest BCUT2D eigenvalue weighted by molar-refractivity contribution is 6.25. The summed E-state index contributed by atoms with van der Waals surface area (Å²) in [5.74, 6) is 0. The fourth-order valence-electron chi connectivity index (χ4n) is 8.83. The van der Waals surface area contributed by atoms with Gasteiger partial charge in [-0.15, -0.1) is 0 Å². The van der Waals surface area contributed by atoms with Crippen molar-refractivity contribution < 1.29 is 0 Å². The van der Waals surface area contributed by atoms with Crippen LogP contribution >= 0.6 is 0 Å². The lowest BCUT2D eigenvalue weighted by Gasteiger charge is -2.27. The van der Waals surface area contributed by atoms with Gasteiger partial charge in [0.2, 0.25) is 0 Å². The third-order valence-electron chi connectivity index (χ3n) is 11.5. The Labute approximate surface area is 338 Å². The summed E-state index contributed by atoms with van der Waals surface area (Å²) in [5.41, 5.74) is 13.9. The van der Waals surface area contributed by atoms with Gasteiger partial charge in [0, 0.05) is 33.5 Å². The zero-order valence-corrected chi connectivity index (χ0v) is 31.8. The number of benzene rings is 10. The molecule has 0 saturated heterocycles. The predicted molar refractivity (Wildman–Crippen MR) is 247 cm³/mol. The Morgan fingerprint density at radius 1 is 0.293 bits per heavy atom. The van der Waals surface area contributed by atoms with E-state index in [4.69, 9.17) is 0 Å². The zero-order chi connectivity index (χ0) is 38.4. The van der Waals surface area contributed by atoms with Crippen LogP contribution in [0, 0.1) is 0 Å². The van der Waals surface area contributed by atoms with Crippen molar-refractivity contribution >= 4 is 60.4 Å². The van der Waals surface area contributed by atoms with Crippen LogP contribution in [0.1, 0.15) is 0 Å². The maximum Gasteiger partial charge on any atom is 0.0547 e. The smallest absolute Gasteiger partial charge is 0.0547 e. The lowest BCUT2D eigenvalue weighted by Crippen LogP contribution is -2.11. The van der Waals surface area contributed by atoms with E-state index in [1.807, 2.05) is 0 Å². The molecule has 0 N–H and O–H groups in total. The molecule has 0 aliphatic rings. The minimum atomic E-state index is 1.08. The Morgan fingerprint density at radius 2 is 0.879 bits per heavy atom. The lowest BCUT2D eigenvalue weighted by molar-refractivity contribution is 1.17. The van der Waals surface area contributed by atoms with Crippen molar-refractivity contribution in [1.29, 1.82) is 0 Å². The van der Waals surface area contributed by atoms with Gasteiger partial charge in [0.05, 0.1) is 11.0 Å². The second-order valence-corrected chi connectivity index (χ2v) is 15.0. The average Bonchev–Trinajstić information content (AvgIpc) is 3.65. The van der Waals surface area contributed by atoms with E-state index in [2.05, 4.69) is 240 Å². The summed E-state index contributed by atoms with van der Waals surface area (Å²) in [5, 5.41) is 7.51. The van der Waals surface area contributed by atoms with Crippen LogP contribution in [-0.2, 0) is 0 Å². The fourth-order valence-corrected chi connectivity index (χ4v) is 8.83. The summed E-state index contributed by atoms with van der Waals surface area (Å²) < 4.78 is 2.46. The van der Waals surface area contributed by atoms with Gasteiger partial charge in [-0.05, 0) is 122 Å². The van der Waals surface area contributed by atoms with Gasteiger partial charge in [-0.25, -0.2) is 0 Å². The van der Waals surface area contributed by atoms with Crippen molar-refractivity contribution in [1.82, 2.24) is 4.57 Å². The standard InChI is InChI=1S/C56H38N2/c1-4-16-39(17-5-1)45-35-46(40-18-6-2-7-19-40)37-50(36-45)57(47-23-8-3-9-24-47)48-25-14-26-49(38-48)58-53-29-15-28-52(44-31-30-41-20-10-11-22-43(41)34-44)56(53)55-51-27-13-12-21-42(51)32-33-54(55)58/h1-38H. The van der Waals surface area contributed by atoms with Crippen molar-refractivity contribution in [3.63, 3.8) is 0 Å². The van der Waals surface area contributed by atoms with Crippen molar-refractivity contribution in [3.8, 4) is 39.1 Å². The first-order valence-electron chi connectivity index (χ1n) is 19.9. The molecule has 0 aliphatic heterocycles. The molecule has 0 aliphatic carbocycles. The quantitative estimate of drug-likeness (QED) is 0.158. The van der Waals surface area contributed by atoms with E-state index in [0.29, 0.717) is 0 Å². The number of aromatic nitrogens is 1. The zero-order valence-electron chi connectivity index (χ0n) is 31.8. The van der Waals surface area contributed by atoms with Crippen LogP contribution in [0.15, 0.2) is 231 Å². The largest absolute Gasteiger partial charge is 0.310 e. The van der Waals surface area contributed by atoms with E-state index >= 15 is 0 Å². The number of rotatable bonds is 7. The molecular weight excluding hydrogens is 701 g/mol. The lowest BCUT2D eigenvalue weighted by atomic mass is 9.95. The molecule has 10 aromatic carbocycles. The van der Waals surface area contributed by atoms with Gasteiger partial charge in [0.1, 0.15) is 0 Å². The summed E-state index contributed by atoms with van der Waals surface area (Å²) in [6.07, 6.45) is 0. The van der Waals surface area contributed by atoms with Gasteiger partial charge in [-0.1, -0.05) is 164 Å². The molecule has 1 heterocycles. The number of hydrogen-bond acceptors (Lipinski definition) is 1. The Hall–Kier alpha value is -7.68. The average molecular weight is 739 g/mol. The molecule has 0 fully saturated rings. The van der Waals surface area contributed by atoms with E-state index < -0.39 is 0 Å². The summed E-state index contributed by atoms with van der Waals surface area (Å²) in [6, 6.07) is 83.7. The van der Waals surface area contributed by atoms with E-state index in [9.17, 15) is 0 Å². The predicted octanol–water partition coefficient (Wildman–Crippen LogP) is 15.6. The summed E-state index contributed by atoms with van der Waals surface area (Å²) in [7, 11) is 0. The van der Waals surface area contributed by atoms with Crippen molar-refractivity contribution in [2.24, 2.45) is 0 Å². The molecule has 0 amide bonds. The molecule has 11 rings (SSSR count). The number of fused-ring (bicyclic) bond motifs is 6. The van der Waals surface area contributed by atoms with Crippen molar-refractivity contribution in [2.45, 2.75) is 0 Å². The van der Waals surface area contributed by atoms with Crippen molar-refractivity contribution in [3.05, 3.63) is 231 Å². The third-order valence-corrected chi connectivity index (χ3v) is 11.5. The molecule has 11 aromatic rings. The maximum absolute atomic E-state index is 2.46. The first-order chi connectivity index (χ1) is 28.8. The van der Waals surface area contributed by atoms with Crippen LogP contribution in [0.3, 0.4) is 0 Å². The molecule has 0 unspecified atom stereocenters. The Kier molecular flexibility index (Phi) is 8.19. The van der Waals surface area contributed by atoms with Gasteiger partial charge < -0.3 is 9.47 Å². The first-order valence-corrected chi connectivity index (χ1v) is 19.9. The number of nitrogens with zero attached hydrogens (tertiary/aromatic N) is 2. The van der Waals surface area contributed by atoms with Crippen LogP contribution in [0.2, 0.25) is 0 Å². The molecule has 272 valence electrons. The molecular formula is C56H38N2. The molecule has 2 heteroatoms. The van der Waals surface area contributed by atoms with Crippen LogP contribution < -0.4 is 4.90 Å². The maximum atomic E-state index is 2.46. The van der Waals surface area contributed by atoms with Crippen LogP contribution in [0.5, 0.6) is 0 Å². The van der Waals surface area contributed by atoms with Gasteiger partial charge in [0.25, 0.3) is 0 Å². The minimum Gasteiger partial charge on any atom is -0.310 e. The fraction of sp³-hybridized carbons (Fsp3) is 0. The normalized spacial score (nSPS) is 11.4. The highest BCUT2D eigenvalue weighted by Gasteiger charge is 2.21. The highest BCUT2D eigenvalue weighted by Crippen LogP contribution is 2.44. The molecule has 2 nitrogen and oxygen atoms in total. The summed E-state index contributed by atoms with van der Waals surface area (Å²) in [6.45, 7) is 0. The van der Waals surface area contributed by atoms with Crippen LogP contribution in [0.25, 0.3) is 82.4 Å². The Morgan fingerprint density at radius 3 is 1.62 bits per heavy atom. The Balaban J connectivity index is 1.15. The van der Waals surface area contributed by atoms with E-state index in [1.165, 1.54) is 76.7 Å². The molecule has 0 saturated carbocycles. The SMILES string of the molecule is c1ccc(-c2cc(-c3ccccc3)cc(N(c3ccccc3)c3cccc(-n4c5cccc(-c6ccc7ccccc7c6)c5c5c6ccccc6ccc54)c3)c2)cc1. The number of hydrogen-bond donors (Lipinski definition) is 0. The number of anilines is 3. The second-order valence-electron chi connectivity index (χ2n) is 15.0. The molecule has 0 spiro atoms. The van der Waals surface area contributed by atoms with Gasteiger partial charge in [0.15, 0.2) is 0 Å².